The second kappa shape index (κ2) is 13.2. The standard InChI is InChI=1S/C32H39FN6O5/c1-5-43-30(41)29(20-10-13-38(14-11-20)31(42)44-32(2,3)4)26-8-6-21-18-34-28(17-27(21)35-26)36-25-9-7-23(16-24(25)33)39-15-12-22(19-40)37-39/h6-9,12,15-18,20,29-30,40-41H,5,10-11,13-14,19H2,1-4H3,(H,34,36). The summed E-state index contributed by atoms with van der Waals surface area (Å²) in [7, 11) is 0. The van der Waals surface area contributed by atoms with E-state index in [4.69, 9.17) is 14.5 Å². The van der Waals surface area contributed by atoms with Crippen molar-refractivity contribution in [2.75, 3.05) is 25.0 Å². The predicted octanol–water partition coefficient (Wildman–Crippen LogP) is 5.28. The molecule has 4 aromatic rings. The van der Waals surface area contributed by atoms with Gasteiger partial charge in [-0.1, -0.05) is 0 Å². The van der Waals surface area contributed by atoms with Crippen molar-refractivity contribution in [2.45, 2.75) is 65.0 Å². The van der Waals surface area contributed by atoms with E-state index in [0.29, 0.717) is 60.9 Å². The van der Waals surface area contributed by atoms with Gasteiger partial charge in [0.2, 0.25) is 0 Å². The molecule has 3 N–H and O–H groups in total. The molecule has 1 aliphatic rings. The van der Waals surface area contributed by atoms with E-state index >= 15 is 4.39 Å². The van der Waals surface area contributed by atoms with Crippen molar-refractivity contribution in [2.24, 2.45) is 5.92 Å². The number of benzene rings is 1. The summed E-state index contributed by atoms with van der Waals surface area (Å²) in [6.07, 6.45) is 3.23. The number of carbonyl (C=O) groups excluding carboxylic acids is 1. The maximum atomic E-state index is 15.0. The Kier molecular flexibility index (Phi) is 9.42. The normalized spacial score (nSPS) is 15.8. The van der Waals surface area contributed by atoms with Crippen LogP contribution in [0.25, 0.3) is 16.6 Å². The lowest BCUT2D eigenvalue weighted by Crippen LogP contribution is -2.44. The highest BCUT2D eigenvalue weighted by Crippen LogP contribution is 2.36. The average molecular weight is 607 g/mol. The fourth-order valence-electron chi connectivity index (χ4n) is 5.42. The number of fused-ring (bicyclic) bond motifs is 1. The first-order valence-corrected chi connectivity index (χ1v) is 14.8. The zero-order valence-electron chi connectivity index (χ0n) is 25.4. The molecule has 12 heteroatoms. The Balaban J connectivity index is 1.35. The van der Waals surface area contributed by atoms with E-state index in [1.807, 2.05) is 39.8 Å². The first-order chi connectivity index (χ1) is 21.0. The van der Waals surface area contributed by atoms with Crippen LogP contribution in [0.15, 0.2) is 54.9 Å². The topological polar surface area (TPSA) is 135 Å². The van der Waals surface area contributed by atoms with E-state index in [-0.39, 0.29) is 24.3 Å². The number of nitrogens with one attached hydrogen (secondary N) is 1. The number of anilines is 2. The van der Waals surface area contributed by atoms with Gasteiger partial charge in [0.1, 0.15) is 17.2 Å². The van der Waals surface area contributed by atoms with Gasteiger partial charge in [0.15, 0.2) is 6.29 Å². The van der Waals surface area contributed by atoms with Crippen molar-refractivity contribution >= 4 is 28.5 Å². The van der Waals surface area contributed by atoms with Crippen LogP contribution in [-0.4, -0.2) is 72.5 Å². The fraction of sp³-hybridized carbons (Fsp3) is 0.438. The Morgan fingerprint density at radius 3 is 2.59 bits per heavy atom. The number of amides is 1. The quantitative estimate of drug-likeness (QED) is 0.218. The zero-order chi connectivity index (χ0) is 31.4. The summed E-state index contributed by atoms with van der Waals surface area (Å²) in [6, 6.07) is 11.8. The van der Waals surface area contributed by atoms with E-state index < -0.39 is 23.6 Å². The molecule has 0 saturated carbocycles. The number of pyridine rings is 2. The van der Waals surface area contributed by atoms with Gasteiger partial charge in [-0.05, 0) is 76.8 Å². The predicted molar refractivity (Wildman–Crippen MR) is 163 cm³/mol. The van der Waals surface area contributed by atoms with Crippen LogP contribution in [0.3, 0.4) is 0 Å². The Morgan fingerprint density at radius 1 is 1.16 bits per heavy atom. The molecular weight excluding hydrogens is 567 g/mol. The minimum Gasteiger partial charge on any atom is -0.444 e. The molecule has 1 saturated heterocycles. The summed E-state index contributed by atoms with van der Waals surface area (Å²) in [6.45, 7) is 8.52. The third-order valence-electron chi connectivity index (χ3n) is 7.57. The smallest absolute Gasteiger partial charge is 0.410 e. The lowest BCUT2D eigenvalue weighted by atomic mass is 9.81. The molecule has 234 valence electrons. The van der Waals surface area contributed by atoms with Crippen LogP contribution >= 0.6 is 0 Å². The number of hydrogen-bond acceptors (Lipinski definition) is 9. The van der Waals surface area contributed by atoms with Crippen LogP contribution in [0.5, 0.6) is 0 Å². The first-order valence-electron chi connectivity index (χ1n) is 14.8. The number of aromatic nitrogens is 4. The number of likely N-dealkylation sites (tertiary alicyclic amines) is 1. The molecule has 44 heavy (non-hydrogen) atoms. The van der Waals surface area contributed by atoms with E-state index in [9.17, 15) is 15.0 Å². The van der Waals surface area contributed by atoms with Crippen LogP contribution < -0.4 is 5.32 Å². The SMILES string of the molecule is CCOC(O)C(c1ccc2cnc(Nc3ccc(-n4ccc(CO)n4)cc3F)cc2n1)C1CCN(C(=O)OC(C)(C)C)CC1. The summed E-state index contributed by atoms with van der Waals surface area (Å²) in [4.78, 5) is 23.6. The van der Waals surface area contributed by atoms with Crippen molar-refractivity contribution in [1.82, 2.24) is 24.6 Å². The van der Waals surface area contributed by atoms with E-state index in [1.54, 1.807) is 41.6 Å². The van der Waals surface area contributed by atoms with E-state index in [2.05, 4.69) is 15.4 Å². The molecule has 0 spiro atoms. The highest BCUT2D eigenvalue weighted by molar-refractivity contribution is 5.81. The van der Waals surface area contributed by atoms with Crippen molar-refractivity contribution in [3.05, 3.63) is 72.1 Å². The van der Waals surface area contributed by atoms with Gasteiger partial charge in [0, 0.05) is 55.3 Å². The Morgan fingerprint density at radius 2 is 1.93 bits per heavy atom. The summed E-state index contributed by atoms with van der Waals surface area (Å²) < 4.78 is 27.7. The summed E-state index contributed by atoms with van der Waals surface area (Å²) >= 11 is 0. The number of piperidine rings is 1. The number of carbonyl (C=O) groups is 1. The van der Waals surface area contributed by atoms with Crippen LogP contribution in [0.4, 0.5) is 20.7 Å². The molecule has 4 heterocycles. The lowest BCUT2D eigenvalue weighted by molar-refractivity contribution is -0.125. The van der Waals surface area contributed by atoms with Gasteiger partial charge in [-0.15, -0.1) is 0 Å². The lowest BCUT2D eigenvalue weighted by Gasteiger charge is -2.37. The number of halogens is 1. The van der Waals surface area contributed by atoms with Gasteiger partial charge in [0.25, 0.3) is 0 Å². The Hall–Kier alpha value is -4.13. The van der Waals surface area contributed by atoms with E-state index in [0.717, 1.165) is 5.39 Å². The van der Waals surface area contributed by atoms with Gasteiger partial charge in [0.05, 0.1) is 35.1 Å². The molecule has 1 amide bonds. The molecule has 1 aliphatic heterocycles. The first kappa shape index (κ1) is 31.3. The second-order valence-corrected chi connectivity index (χ2v) is 11.9. The maximum absolute atomic E-state index is 15.0. The van der Waals surface area contributed by atoms with Gasteiger partial charge >= 0.3 is 6.09 Å². The molecule has 2 atom stereocenters. The molecule has 1 aromatic carbocycles. The molecular formula is C32H39FN6O5. The van der Waals surface area contributed by atoms with Crippen molar-refractivity contribution in [3.63, 3.8) is 0 Å². The Labute approximate surface area is 255 Å². The van der Waals surface area contributed by atoms with Crippen molar-refractivity contribution < 1.29 is 28.9 Å². The Bertz CT molecular complexity index is 1600. The number of hydrogen-bond donors (Lipinski definition) is 3. The summed E-state index contributed by atoms with van der Waals surface area (Å²) in [5.74, 6) is -0.480. The van der Waals surface area contributed by atoms with Gasteiger partial charge in [-0.25, -0.2) is 18.9 Å². The van der Waals surface area contributed by atoms with Crippen LogP contribution in [-0.2, 0) is 16.1 Å². The molecule has 1 fully saturated rings. The largest absolute Gasteiger partial charge is 0.444 e. The minimum absolute atomic E-state index is 0.0236. The van der Waals surface area contributed by atoms with Crippen LogP contribution in [0.1, 0.15) is 57.8 Å². The molecule has 0 radical (unpaired) electrons. The fourth-order valence-corrected chi connectivity index (χ4v) is 5.42. The molecule has 2 unspecified atom stereocenters. The molecule has 3 aromatic heterocycles. The summed E-state index contributed by atoms with van der Waals surface area (Å²) in [5.41, 5.74) is 1.96. The third-order valence-corrected chi connectivity index (χ3v) is 7.57. The third kappa shape index (κ3) is 7.32. The minimum atomic E-state index is -1.07. The number of ether oxygens (including phenoxy) is 2. The monoisotopic (exact) mass is 606 g/mol. The highest BCUT2D eigenvalue weighted by Gasteiger charge is 2.36. The van der Waals surface area contributed by atoms with Gasteiger partial charge < -0.3 is 29.9 Å². The maximum Gasteiger partial charge on any atom is 0.410 e. The van der Waals surface area contributed by atoms with Gasteiger partial charge in [-0.2, -0.15) is 5.10 Å². The van der Waals surface area contributed by atoms with E-state index in [1.165, 1.54) is 10.7 Å². The summed E-state index contributed by atoms with van der Waals surface area (Å²) in [5, 5.41) is 28.3. The number of aliphatic hydroxyl groups is 2. The molecule has 0 bridgehead atoms. The van der Waals surface area contributed by atoms with Crippen LogP contribution in [0, 0.1) is 11.7 Å². The number of aliphatic hydroxyl groups excluding tert-OH is 2. The second-order valence-electron chi connectivity index (χ2n) is 11.9. The number of rotatable bonds is 9. The van der Waals surface area contributed by atoms with Crippen molar-refractivity contribution in [3.8, 4) is 5.69 Å². The average Bonchev–Trinajstić information content (AvgIpc) is 3.47. The van der Waals surface area contributed by atoms with Gasteiger partial charge in [-0.3, -0.25) is 4.98 Å². The molecule has 0 aliphatic carbocycles. The zero-order valence-corrected chi connectivity index (χ0v) is 25.4. The highest BCUT2D eigenvalue weighted by atomic mass is 19.1. The van der Waals surface area contributed by atoms with Crippen molar-refractivity contribution in [1.29, 1.82) is 0 Å². The number of nitrogens with zero attached hydrogens (tertiary/aromatic N) is 5. The molecule has 5 rings (SSSR count). The molecule has 11 nitrogen and oxygen atoms in total. The van der Waals surface area contributed by atoms with Crippen LogP contribution in [0.2, 0.25) is 0 Å².